The van der Waals surface area contributed by atoms with Gasteiger partial charge in [-0.1, -0.05) is 67.9 Å². The minimum absolute atomic E-state index is 0.204. The molecule has 0 spiro atoms. The fourth-order valence-electron chi connectivity index (χ4n) is 4.11. The summed E-state index contributed by atoms with van der Waals surface area (Å²) in [6.07, 6.45) is -0.964. The van der Waals surface area contributed by atoms with E-state index in [-0.39, 0.29) is 17.1 Å². The molecule has 20 heteroatoms. The molecule has 290 valence electrons. The first-order chi connectivity index (χ1) is 26.7. The highest BCUT2D eigenvalue weighted by molar-refractivity contribution is 8.25. The molecule has 0 unspecified atom stereocenters. The van der Waals surface area contributed by atoms with Crippen molar-refractivity contribution in [3.8, 4) is 0 Å². The average molecular weight is 808 g/mol. The standard InChI is InChI=1S/C36H30N3O15PS/c1-4-28(40)49-19-31(43)52-34(46)37-22-7-13-25(14-8-22)55(56,26-15-9-23(10-16-26)38-35(47)53-32(44)20-50-29(41)5-2)27-17-11-24(12-18-27)39-36(48)54-33(45)21-51-30(42)6-3/h4-18H,1-3,19-21H2,(H,37,46)(H,38,47)(H,39,48). The fourth-order valence-corrected chi connectivity index (χ4v) is 7.80. The second-order valence-electron chi connectivity index (χ2n) is 10.3. The van der Waals surface area contributed by atoms with Gasteiger partial charge in [-0.2, -0.15) is 0 Å². The highest BCUT2D eigenvalue weighted by atomic mass is 32.4. The molecule has 0 fully saturated rings. The molecule has 0 aromatic heterocycles. The van der Waals surface area contributed by atoms with Crippen LogP contribution in [-0.2, 0) is 69.0 Å². The number of benzene rings is 3. The molecule has 0 atom stereocenters. The number of nitrogens with one attached hydrogen (secondary N) is 3. The lowest BCUT2D eigenvalue weighted by molar-refractivity contribution is -0.151. The third-order valence-electron chi connectivity index (χ3n) is 6.55. The predicted octanol–water partition coefficient (Wildman–Crippen LogP) is 2.86. The minimum atomic E-state index is -3.00. The lowest BCUT2D eigenvalue weighted by Crippen LogP contribution is -2.26. The van der Waals surface area contributed by atoms with Crippen LogP contribution in [0.2, 0.25) is 0 Å². The molecule has 3 N–H and O–H groups in total. The van der Waals surface area contributed by atoms with Crippen molar-refractivity contribution in [3.63, 3.8) is 0 Å². The first-order valence-electron chi connectivity index (χ1n) is 15.5. The number of esters is 6. The molecule has 3 rings (SSSR count). The number of carbonyl (C=O) groups excluding carboxylic acids is 9. The van der Waals surface area contributed by atoms with Crippen LogP contribution in [0.5, 0.6) is 0 Å². The van der Waals surface area contributed by atoms with E-state index in [1.165, 1.54) is 36.4 Å². The van der Waals surface area contributed by atoms with Crippen LogP contribution in [0.15, 0.2) is 111 Å². The van der Waals surface area contributed by atoms with E-state index >= 15 is 0 Å². The van der Waals surface area contributed by atoms with E-state index in [4.69, 9.17) is 11.8 Å². The van der Waals surface area contributed by atoms with Gasteiger partial charge in [0.15, 0.2) is 19.8 Å². The molecule has 18 nitrogen and oxygen atoms in total. The van der Waals surface area contributed by atoms with Crippen molar-refractivity contribution >= 4 is 105 Å². The fraction of sp³-hybridized carbons (Fsp3) is 0.0833. The van der Waals surface area contributed by atoms with Gasteiger partial charge in [0.1, 0.15) is 0 Å². The van der Waals surface area contributed by atoms with Crippen LogP contribution in [0, 0.1) is 0 Å². The van der Waals surface area contributed by atoms with E-state index in [0.717, 1.165) is 18.2 Å². The molecule has 0 aliphatic carbocycles. The number of carbonyl (C=O) groups is 9. The number of amides is 3. The normalized spacial score (nSPS) is 10.2. The Labute approximate surface area is 322 Å². The Hall–Kier alpha value is -7.24. The number of ether oxygens (including phenoxy) is 6. The van der Waals surface area contributed by atoms with Crippen LogP contribution in [0.4, 0.5) is 31.4 Å². The van der Waals surface area contributed by atoms with E-state index in [0.29, 0.717) is 15.9 Å². The van der Waals surface area contributed by atoms with Gasteiger partial charge in [-0.05, 0) is 52.3 Å². The van der Waals surface area contributed by atoms with Crippen LogP contribution in [0.3, 0.4) is 0 Å². The Morgan fingerprint density at radius 3 is 0.911 bits per heavy atom. The van der Waals surface area contributed by atoms with E-state index in [1.54, 1.807) is 36.4 Å². The van der Waals surface area contributed by atoms with Gasteiger partial charge in [0.05, 0.1) is 0 Å². The summed E-state index contributed by atoms with van der Waals surface area (Å²) in [5.74, 6) is -6.06. The zero-order valence-corrected chi connectivity index (χ0v) is 30.6. The molecular formula is C36H30N3O15PS. The van der Waals surface area contributed by atoms with Gasteiger partial charge in [-0.15, -0.1) is 0 Å². The maximum absolute atomic E-state index is 12.3. The third kappa shape index (κ3) is 13.3. The minimum Gasteiger partial charge on any atom is -0.451 e. The highest BCUT2D eigenvalue weighted by Gasteiger charge is 2.26. The lowest BCUT2D eigenvalue weighted by Gasteiger charge is -2.25. The molecule has 0 aliphatic rings. The number of hydrogen-bond donors (Lipinski definition) is 3. The maximum atomic E-state index is 12.3. The quantitative estimate of drug-likeness (QED) is 0.0657. The molecule has 0 heterocycles. The van der Waals surface area contributed by atoms with Crippen molar-refractivity contribution in [1.82, 2.24) is 0 Å². The van der Waals surface area contributed by atoms with Crippen LogP contribution in [0.1, 0.15) is 0 Å². The molecule has 0 bridgehead atoms. The second-order valence-corrected chi connectivity index (χ2v) is 14.8. The molecule has 0 aliphatic heterocycles. The third-order valence-corrected chi connectivity index (χ3v) is 11.5. The number of hydrogen-bond acceptors (Lipinski definition) is 16. The summed E-state index contributed by atoms with van der Waals surface area (Å²) in [4.78, 5) is 106. The van der Waals surface area contributed by atoms with Gasteiger partial charge in [-0.25, -0.2) is 43.2 Å². The number of anilines is 3. The smallest absolute Gasteiger partial charge is 0.419 e. The van der Waals surface area contributed by atoms with Crippen molar-refractivity contribution in [1.29, 1.82) is 0 Å². The molecule has 3 amide bonds. The van der Waals surface area contributed by atoms with Gasteiger partial charge >= 0.3 is 54.1 Å². The molecular weight excluding hydrogens is 777 g/mol. The Kier molecular flexibility index (Phi) is 16.1. The first kappa shape index (κ1) is 43.2. The average Bonchev–Trinajstić information content (AvgIpc) is 3.18. The van der Waals surface area contributed by atoms with Gasteiger partial charge < -0.3 is 28.4 Å². The van der Waals surface area contributed by atoms with E-state index < -0.39 is 80.0 Å². The Bertz CT molecular complexity index is 1860. The van der Waals surface area contributed by atoms with Crippen molar-refractivity contribution < 1.29 is 71.6 Å². The van der Waals surface area contributed by atoms with Gasteiger partial charge in [-0.3, -0.25) is 16.0 Å². The monoisotopic (exact) mass is 807 g/mol. The van der Waals surface area contributed by atoms with E-state index in [2.05, 4.69) is 64.1 Å². The molecule has 0 saturated carbocycles. The van der Waals surface area contributed by atoms with E-state index in [1.807, 2.05) is 0 Å². The second kappa shape index (κ2) is 20.9. The largest absolute Gasteiger partial charge is 0.451 e. The predicted molar refractivity (Wildman–Crippen MR) is 201 cm³/mol. The summed E-state index contributed by atoms with van der Waals surface area (Å²) < 4.78 is 27.3. The summed E-state index contributed by atoms with van der Waals surface area (Å²) in [6, 6.07) is 15.6. The summed E-state index contributed by atoms with van der Waals surface area (Å²) in [5, 5.41) is 8.85. The highest BCUT2D eigenvalue weighted by Crippen LogP contribution is 2.43. The van der Waals surface area contributed by atoms with Gasteiger partial charge in [0.2, 0.25) is 0 Å². The maximum Gasteiger partial charge on any atom is 0.419 e. The Morgan fingerprint density at radius 1 is 0.464 bits per heavy atom. The molecule has 3 aromatic rings. The summed E-state index contributed by atoms with van der Waals surface area (Å²) >= 11 is 6.34. The van der Waals surface area contributed by atoms with Gasteiger partial charge in [0, 0.05) is 41.3 Å². The molecule has 56 heavy (non-hydrogen) atoms. The first-order valence-corrected chi connectivity index (χ1v) is 18.3. The SMILES string of the molecule is C=CC(=O)OCC(=O)OC(=O)Nc1ccc(P(=S)(c2ccc(NC(=O)OC(=O)COC(=O)C=C)cc2)c2ccc(NC(=O)OC(=O)COC(=O)C=C)cc2)cc1. The summed E-state index contributed by atoms with van der Waals surface area (Å²) in [5.41, 5.74) is 0.611. The Morgan fingerprint density at radius 2 is 0.696 bits per heavy atom. The zero-order valence-electron chi connectivity index (χ0n) is 28.9. The Balaban J connectivity index is 1.84. The molecule has 0 saturated heterocycles. The summed E-state index contributed by atoms with van der Waals surface area (Å²) in [7, 11) is 0. The van der Waals surface area contributed by atoms with Crippen molar-refractivity contribution in [3.05, 3.63) is 111 Å². The van der Waals surface area contributed by atoms with Crippen molar-refractivity contribution in [2.75, 3.05) is 35.8 Å². The number of rotatable bonds is 15. The van der Waals surface area contributed by atoms with Gasteiger partial charge in [0.25, 0.3) is 0 Å². The summed E-state index contributed by atoms with van der Waals surface area (Å²) in [6.45, 7) is 7.11. The molecule has 3 aromatic carbocycles. The molecule has 0 radical (unpaired) electrons. The van der Waals surface area contributed by atoms with Crippen LogP contribution in [-0.4, -0.2) is 73.9 Å². The topological polar surface area (TPSA) is 245 Å². The van der Waals surface area contributed by atoms with Crippen molar-refractivity contribution in [2.24, 2.45) is 0 Å². The van der Waals surface area contributed by atoms with Crippen LogP contribution in [0.25, 0.3) is 0 Å². The van der Waals surface area contributed by atoms with Crippen LogP contribution < -0.4 is 31.9 Å². The lowest BCUT2D eigenvalue weighted by atomic mass is 10.3. The van der Waals surface area contributed by atoms with Crippen LogP contribution >= 0.6 is 6.04 Å². The van der Waals surface area contributed by atoms with Crippen molar-refractivity contribution in [2.45, 2.75) is 0 Å². The zero-order chi connectivity index (χ0) is 41.3. The van der Waals surface area contributed by atoms with E-state index in [9.17, 15) is 43.2 Å².